The standard InChI is InChI=1S/C13H17ClFNO2/c1-3-13(4-2,8-14)16-12(18)10-6-5-9(15)7-11(10)17/h5-7,17H,3-4,8H2,1-2H3,(H,16,18). The van der Waals surface area contributed by atoms with Gasteiger partial charge >= 0.3 is 0 Å². The van der Waals surface area contributed by atoms with E-state index in [1.54, 1.807) is 0 Å². The van der Waals surface area contributed by atoms with Crippen LogP contribution in [0.3, 0.4) is 0 Å². The van der Waals surface area contributed by atoms with Crippen LogP contribution in [0.5, 0.6) is 5.75 Å². The largest absolute Gasteiger partial charge is 0.507 e. The van der Waals surface area contributed by atoms with Crippen LogP contribution in [0.1, 0.15) is 37.0 Å². The number of hydrogen-bond acceptors (Lipinski definition) is 2. The molecule has 1 amide bonds. The Bertz CT molecular complexity index is 425. The summed E-state index contributed by atoms with van der Waals surface area (Å²) in [6.45, 7) is 3.85. The molecule has 0 radical (unpaired) electrons. The van der Waals surface area contributed by atoms with Crippen molar-refractivity contribution in [1.82, 2.24) is 5.32 Å². The monoisotopic (exact) mass is 273 g/mol. The van der Waals surface area contributed by atoms with Crippen molar-refractivity contribution >= 4 is 17.5 Å². The van der Waals surface area contributed by atoms with Gasteiger partial charge in [-0.1, -0.05) is 13.8 Å². The molecular formula is C13H17ClFNO2. The summed E-state index contributed by atoms with van der Waals surface area (Å²) in [4.78, 5) is 12.0. The summed E-state index contributed by atoms with van der Waals surface area (Å²) in [7, 11) is 0. The molecule has 0 aliphatic heterocycles. The van der Waals surface area contributed by atoms with E-state index in [-0.39, 0.29) is 17.2 Å². The number of aromatic hydroxyl groups is 1. The van der Waals surface area contributed by atoms with Gasteiger partial charge in [0.1, 0.15) is 11.6 Å². The lowest BCUT2D eigenvalue weighted by Crippen LogP contribution is -2.49. The minimum Gasteiger partial charge on any atom is -0.507 e. The van der Waals surface area contributed by atoms with Crippen molar-refractivity contribution in [2.75, 3.05) is 5.88 Å². The molecular weight excluding hydrogens is 257 g/mol. The minimum atomic E-state index is -0.585. The first-order valence-corrected chi connectivity index (χ1v) is 6.38. The Morgan fingerprint density at radius 2 is 2.06 bits per heavy atom. The third-order valence-electron chi connectivity index (χ3n) is 3.19. The number of hydrogen-bond donors (Lipinski definition) is 2. The molecule has 0 aliphatic rings. The molecule has 0 aromatic heterocycles. The molecule has 1 rings (SSSR count). The highest BCUT2D eigenvalue weighted by molar-refractivity contribution is 6.19. The molecule has 0 aliphatic carbocycles. The topological polar surface area (TPSA) is 49.3 Å². The molecule has 0 fully saturated rings. The predicted molar refractivity (Wildman–Crippen MR) is 69.6 cm³/mol. The second-order valence-corrected chi connectivity index (χ2v) is 4.50. The normalized spacial score (nSPS) is 11.3. The zero-order valence-corrected chi connectivity index (χ0v) is 11.2. The molecule has 5 heteroatoms. The Labute approximate surface area is 111 Å². The number of phenolic OH excluding ortho intramolecular Hbond substituents is 1. The van der Waals surface area contributed by atoms with E-state index in [2.05, 4.69) is 5.32 Å². The average Bonchev–Trinajstić information content (AvgIpc) is 2.36. The lowest BCUT2D eigenvalue weighted by atomic mass is 9.94. The fourth-order valence-electron chi connectivity index (χ4n) is 1.65. The quantitative estimate of drug-likeness (QED) is 0.810. The maximum Gasteiger partial charge on any atom is 0.255 e. The van der Waals surface area contributed by atoms with Gasteiger partial charge in [-0.15, -0.1) is 11.6 Å². The maximum absolute atomic E-state index is 12.8. The lowest BCUT2D eigenvalue weighted by Gasteiger charge is -2.30. The molecule has 1 aromatic rings. The van der Waals surface area contributed by atoms with E-state index in [0.717, 1.165) is 12.1 Å². The van der Waals surface area contributed by atoms with Crippen LogP contribution in [0.25, 0.3) is 0 Å². The van der Waals surface area contributed by atoms with Gasteiger partial charge in [-0.25, -0.2) is 4.39 Å². The summed E-state index contributed by atoms with van der Waals surface area (Å²) >= 11 is 5.88. The lowest BCUT2D eigenvalue weighted by molar-refractivity contribution is 0.0899. The Balaban J connectivity index is 2.94. The van der Waals surface area contributed by atoms with E-state index >= 15 is 0 Å². The molecule has 18 heavy (non-hydrogen) atoms. The second kappa shape index (κ2) is 6.05. The van der Waals surface area contributed by atoms with Gasteiger partial charge < -0.3 is 10.4 Å². The number of alkyl halides is 1. The molecule has 2 N–H and O–H groups in total. The number of carbonyl (C=O) groups is 1. The highest BCUT2D eigenvalue weighted by atomic mass is 35.5. The molecule has 3 nitrogen and oxygen atoms in total. The predicted octanol–water partition coefficient (Wildman–Crippen LogP) is 3.06. The van der Waals surface area contributed by atoms with Crippen molar-refractivity contribution in [3.05, 3.63) is 29.6 Å². The van der Waals surface area contributed by atoms with Crippen LogP contribution in [-0.2, 0) is 0 Å². The van der Waals surface area contributed by atoms with E-state index in [9.17, 15) is 14.3 Å². The fourth-order valence-corrected chi connectivity index (χ4v) is 2.10. The number of amides is 1. The van der Waals surface area contributed by atoms with Gasteiger partial charge in [0.15, 0.2) is 0 Å². The van der Waals surface area contributed by atoms with E-state index in [0.29, 0.717) is 12.8 Å². The zero-order valence-electron chi connectivity index (χ0n) is 10.5. The van der Waals surface area contributed by atoms with Gasteiger partial charge in [0, 0.05) is 11.9 Å². The van der Waals surface area contributed by atoms with E-state index in [1.165, 1.54) is 6.07 Å². The van der Waals surface area contributed by atoms with Crippen molar-refractivity contribution < 1.29 is 14.3 Å². The molecule has 0 atom stereocenters. The molecule has 1 aromatic carbocycles. The van der Waals surface area contributed by atoms with Crippen molar-refractivity contribution in [1.29, 1.82) is 0 Å². The van der Waals surface area contributed by atoms with Crippen LogP contribution < -0.4 is 5.32 Å². The molecule has 0 saturated heterocycles. The van der Waals surface area contributed by atoms with Crippen LogP contribution in [0.2, 0.25) is 0 Å². The first kappa shape index (κ1) is 14.8. The molecule has 0 unspecified atom stereocenters. The second-order valence-electron chi connectivity index (χ2n) is 4.24. The number of carbonyl (C=O) groups excluding carboxylic acids is 1. The third kappa shape index (κ3) is 3.13. The molecule has 0 spiro atoms. The first-order valence-electron chi connectivity index (χ1n) is 5.85. The van der Waals surface area contributed by atoms with Gasteiger partial charge in [-0.05, 0) is 25.0 Å². The van der Waals surface area contributed by atoms with Crippen LogP contribution in [0.15, 0.2) is 18.2 Å². The number of rotatable bonds is 5. The van der Waals surface area contributed by atoms with Crippen LogP contribution in [-0.4, -0.2) is 22.4 Å². The van der Waals surface area contributed by atoms with Gasteiger partial charge in [0.25, 0.3) is 5.91 Å². The Morgan fingerprint density at radius 3 is 2.50 bits per heavy atom. The van der Waals surface area contributed by atoms with Gasteiger partial charge in [0.05, 0.1) is 11.1 Å². The summed E-state index contributed by atoms with van der Waals surface area (Å²) in [6, 6.07) is 3.30. The van der Waals surface area contributed by atoms with Crippen LogP contribution in [0, 0.1) is 5.82 Å². The maximum atomic E-state index is 12.8. The van der Waals surface area contributed by atoms with Crippen molar-refractivity contribution in [2.24, 2.45) is 0 Å². The summed E-state index contributed by atoms with van der Waals surface area (Å²) < 4.78 is 12.8. The summed E-state index contributed by atoms with van der Waals surface area (Å²) in [5, 5.41) is 12.3. The summed E-state index contributed by atoms with van der Waals surface area (Å²) in [5.74, 6) is -1.12. The summed E-state index contributed by atoms with van der Waals surface area (Å²) in [6.07, 6.45) is 1.36. The highest BCUT2D eigenvalue weighted by Gasteiger charge is 2.28. The zero-order chi connectivity index (χ0) is 13.8. The third-order valence-corrected chi connectivity index (χ3v) is 3.70. The van der Waals surface area contributed by atoms with Gasteiger partial charge in [0.2, 0.25) is 0 Å². The number of nitrogens with one attached hydrogen (secondary N) is 1. The molecule has 0 saturated carbocycles. The van der Waals surface area contributed by atoms with Crippen molar-refractivity contribution in [3.8, 4) is 5.75 Å². The van der Waals surface area contributed by atoms with Gasteiger partial charge in [-0.2, -0.15) is 0 Å². The smallest absolute Gasteiger partial charge is 0.255 e. The Kier molecular flexibility index (Phi) is 4.96. The van der Waals surface area contributed by atoms with Crippen molar-refractivity contribution in [2.45, 2.75) is 32.2 Å². The Morgan fingerprint density at radius 1 is 1.44 bits per heavy atom. The number of halogens is 2. The van der Waals surface area contributed by atoms with E-state index in [4.69, 9.17) is 11.6 Å². The van der Waals surface area contributed by atoms with E-state index < -0.39 is 17.3 Å². The molecule has 100 valence electrons. The number of benzene rings is 1. The first-order chi connectivity index (χ1) is 8.48. The molecule has 0 heterocycles. The number of phenols is 1. The van der Waals surface area contributed by atoms with Crippen LogP contribution in [0.4, 0.5) is 4.39 Å². The van der Waals surface area contributed by atoms with E-state index in [1.807, 2.05) is 13.8 Å². The SMILES string of the molecule is CCC(CC)(CCl)NC(=O)c1ccc(F)cc1O. The van der Waals surface area contributed by atoms with Crippen molar-refractivity contribution in [3.63, 3.8) is 0 Å². The Hall–Kier alpha value is -1.29. The average molecular weight is 274 g/mol. The minimum absolute atomic E-state index is 0.0489. The fraction of sp³-hybridized carbons (Fsp3) is 0.462. The molecule has 0 bridgehead atoms. The van der Waals surface area contributed by atoms with Gasteiger partial charge in [-0.3, -0.25) is 4.79 Å². The summed E-state index contributed by atoms with van der Waals surface area (Å²) in [5.41, 5.74) is -0.452. The highest BCUT2D eigenvalue weighted by Crippen LogP contribution is 2.22. The van der Waals surface area contributed by atoms with Crippen LogP contribution >= 0.6 is 11.6 Å².